The molecular formula is C6H17N3. The zero-order chi connectivity index (χ0) is 7.28. The van der Waals surface area contributed by atoms with Crippen LogP contribution in [0, 0.1) is 0 Å². The quantitative estimate of drug-likeness (QED) is 0.415. The van der Waals surface area contributed by atoms with Gasteiger partial charge in [0.05, 0.1) is 6.17 Å². The Labute approximate surface area is 57.4 Å². The van der Waals surface area contributed by atoms with Crippen molar-refractivity contribution in [3.63, 3.8) is 0 Å². The molecule has 1 atom stereocenters. The van der Waals surface area contributed by atoms with Crippen LogP contribution >= 0.6 is 0 Å². The fraction of sp³-hybridized carbons (Fsp3) is 1.00. The van der Waals surface area contributed by atoms with Crippen LogP contribution in [0.3, 0.4) is 0 Å². The number of hydrogen-bond donors (Lipinski definition) is 2. The van der Waals surface area contributed by atoms with Crippen LogP contribution in [0.2, 0.25) is 0 Å². The van der Waals surface area contributed by atoms with E-state index in [0.29, 0.717) is 6.17 Å². The van der Waals surface area contributed by atoms with E-state index in [1.54, 1.807) is 0 Å². The first-order valence-electron chi connectivity index (χ1n) is 3.33. The molecule has 0 heterocycles. The lowest BCUT2D eigenvalue weighted by Crippen LogP contribution is -2.47. The van der Waals surface area contributed by atoms with E-state index in [2.05, 4.69) is 17.7 Å². The Hall–Kier alpha value is -0.120. The van der Waals surface area contributed by atoms with Gasteiger partial charge >= 0.3 is 0 Å². The van der Waals surface area contributed by atoms with Crippen molar-refractivity contribution in [1.82, 2.24) is 15.8 Å². The summed E-state index contributed by atoms with van der Waals surface area (Å²) in [6.07, 6.45) is 1.54. The number of nitrogens with zero attached hydrogens (tertiary/aromatic N) is 1. The molecule has 3 nitrogen and oxygen atoms in total. The summed E-state index contributed by atoms with van der Waals surface area (Å²) < 4.78 is 0. The monoisotopic (exact) mass is 131 g/mol. The number of hydrazine groups is 1. The van der Waals surface area contributed by atoms with Gasteiger partial charge < -0.3 is 5.32 Å². The molecule has 0 bridgehead atoms. The normalized spacial score (nSPS) is 14.3. The maximum Gasteiger partial charge on any atom is 0.0724 e. The van der Waals surface area contributed by atoms with Crippen LogP contribution in [0.1, 0.15) is 13.3 Å². The lowest BCUT2D eigenvalue weighted by atomic mass is 10.4. The Balaban J connectivity index is 3.50. The molecule has 0 amide bonds. The molecule has 0 saturated heterocycles. The first-order valence-corrected chi connectivity index (χ1v) is 3.33. The second-order valence-electron chi connectivity index (χ2n) is 2.05. The van der Waals surface area contributed by atoms with Crippen LogP contribution in [0.25, 0.3) is 0 Å². The van der Waals surface area contributed by atoms with Crippen LogP contribution in [-0.2, 0) is 0 Å². The molecule has 56 valence electrons. The van der Waals surface area contributed by atoms with E-state index < -0.39 is 0 Å². The first-order chi connectivity index (χ1) is 4.26. The lowest BCUT2D eigenvalue weighted by Gasteiger charge is -2.25. The van der Waals surface area contributed by atoms with Crippen LogP contribution in [-0.4, -0.2) is 32.3 Å². The van der Waals surface area contributed by atoms with Gasteiger partial charge in [0.1, 0.15) is 0 Å². The van der Waals surface area contributed by atoms with Gasteiger partial charge in [-0.1, -0.05) is 6.92 Å². The molecule has 0 spiro atoms. The Kier molecular flexibility index (Phi) is 4.67. The first kappa shape index (κ1) is 8.88. The van der Waals surface area contributed by atoms with Gasteiger partial charge in [-0.2, -0.15) is 0 Å². The summed E-state index contributed by atoms with van der Waals surface area (Å²) in [7, 11) is 5.90. The van der Waals surface area contributed by atoms with Gasteiger partial charge in [-0.05, 0) is 20.5 Å². The van der Waals surface area contributed by atoms with Crippen LogP contribution < -0.4 is 10.7 Å². The number of hydrogen-bond acceptors (Lipinski definition) is 3. The van der Waals surface area contributed by atoms with E-state index in [0.717, 1.165) is 6.42 Å². The van der Waals surface area contributed by atoms with E-state index in [1.807, 2.05) is 26.2 Å². The van der Waals surface area contributed by atoms with E-state index in [9.17, 15) is 0 Å². The zero-order valence-electron chi connectivity index (χ0n) is 6.73. The van der Waals surface area contributed by atoms with E-state index in [1.165, 1.54) is 0 Å². The van der Waals surface area contributed by atoms with E-state index >= 15 is 0 Å². The van der Waals surface area contributed by atoms with Crippen molar-refractivity contribution in [3.8, 4) is 0 Å². The molecule has 9 heavy (non-hydrogen) atoms. The maximum absolute atomic E-state index is 3.17. The van der Waals surface area contributed by atoms with E-state index in [4.69, 9.17) is 0 Å². The summed E-state index contributed by atoms with van der Waals surface area (Å²) >= 11 is 0. The van der Waals surface area contributed by atoms with Crippen molar-refractivity contribution in [2.45, 2.75) is 19.5 Å². The topological polar surface area (TPSA) is 27.3 Å². The molecule has 1 unspecified atom stereocenters. The standard InChI is InChI=1S/C6H17N3/c1-5-6(7-2)9(4)8-3/h6-8H,5H2,1-4H3. The third-order valence-corrected chi connectivity index (χ3v) is 1.54. The molecule has 0 radical (unpaired) electrons. The van der Waals surface area contributed by atoms with Crippen molar-refractivity contribution in [2.24, 2.45) is 0 Å². The molecule has 0 aromatic heterocycles. The fourth-order valence-electron chi connectivity index (χ4n) is 0.827. The molecule has 0 aliphatic rings. The van der Waals surface area contributed by atoms with Gasteiger partial charge in [-0.15, -0.1) is 0 Å². The largest absolute Gasteiger partial charge is 0.304 e. The molecule has 0 aliphatic carbocycles. The Morgan fingerprint density at radius 2 is 2.00 bits per heavy atom. The summed E-state index contributed by atoms with van der Waals surface area (Å²) in [5.41, 5.74) is 3.04. The van der Waals surface area contributed by atoms with Crippen LogP contribution in [0.5, 0.6) is 0 Å². The SMILES string of the molecule is CCC(NC)N(C)NC. The molecule has 0 aromatic carbocycles. The molecule has 3 heteroatoms. The van der Waals surface area contributed by atoms with Crippen molar-refractivity contribution in [2.75, 3.05) is 21.1 Å². The molecular weight excluding hydrogens is 114 g/mol. The lowest BCUT2D eigenvalue weighted by molar-refractivity contribution is 0.154. The third-order valence-electron chi connectivity index (χ3n) is 1.54. The summed E-state index contributed by atoms with van der Waals surface area (Å²) in [6.45, 7) is 2.15. The minimum absolute atomic E-state index is 0.440. The van der Waals surface area contributed by atoms with Crippen molar-refractivity contribution in [1.29, 1.82) is 0 Å². The van der Waals surface area contributed by atoms with E-state index in [-0.39, 0.29) is 0 Å². The summed E-state index contributed by atoms with van der Waals surface area (Å²) in [4.78, 5) is 0. The second kappa shape index (κ2) is 4.73. The van der Waals surface area contributed by atoms with Gasteiger partial charge in [0.2, 0.25) is 0 Å². The van der Waals surface area contributed by atoms with Gasteiger partial charge in [-0.3, -0.25) is 5.43 Å². The highest BCUT2D eigenvalue weighted by molar-refractivity contribution is 4.55. The van der Waals surface area contributed by atoms with Crippen LogP contribution in [0.4, 0.5) is 0 Å². The summed E-state index contributed by atoms with van der Waals surface area (Å²) in [6, 6.07) is 0. The van der Waals surface area contributed by atoms with Crippen LogP contribution in [0.15, 0.2) is 0 Å². The molecule has 0 rings (SSSR count). The predicted molar refractivity (Wildman–Crippen MR) is 40.0 cm³/mol. The molecule has 0 aliphatic heterocycles. The smallest absolute Gasteiger partial charge is 0.0724 e. The van der Waals surface area contributed by atoms with Gasteiger partial charge in [-0.25, -0.2) is 5.01 Å². The van der Waals surface area contributed by atoms with Gasteiger partial charge in [0, 0.05) is 7.05 Å². The average Bonchev–Trinajstić information content (AvgIpc) is 1.90. The highest BCUT2D eigenvalue weighted by Crippen LogP contribution is 1.90. The maximum atomic E-state index is 3.17. The van der Waals surface area contributed by atoms with Crippen molar-refractivity contribution < 1.29 is 0 Å². The molecule has 0 fully saturated rings. The predicted octanol–water partition coefficient (Wildman–Crippen LogP) is 0.00810. The zero-order valence-corrected chi connectivity index (χ0v) is 6.73. The highest BCUT2D eigenvalue weighted by atomic mass is 15.5. The highest BCUT2D eigenvalue weighted by Gasteiger charge is 2.05. The molecule has 0 saturated carbocycles. The molecule has 2 N–H and O–H groups in total. The second-order valence-corrected chi connectivity index (χ2v) is 2.05. The Morgan fingerprint density at radius 3 is 2.11 bits per heavy atom. The minimum Gasteiger partial charge on any atom is -0.304 e. The third kappa shape index (κ3) is 2.79. The van der Waals surface area contributed by atoms with Crippen molar-refractivity contribution in [3.05, 3.63) is 0 Å². The summed E-state index contributed by atoms with van der Waals surface area (Å²) in [5, 5.41) is 5.21. The van der Waals surface area contributed by atoms with Gasteiger partial charge in [0.25, 0.3) is 0 Å². The Morgan fingerprint density at radius 1 is 1.44 bits per heavy atom. The minimum atomic E-state index is 0.440. The molecule has 0 aromatic rings. The average molecular weight is 131 g/mol. The van der Waals surface area contributed by atoms with Gasteiger partial charge in [0.15, 0.2) is 0 Å². The summed E-state index contributed by atoms with van der Waals surface area (Å²) in [5.74, 6) is 0. The Bertz CT molecular complexity index is 61.3. The fourth-order valence-corrected chi connectivity index (χ4v) is 0.827. The number of nitrogens with one attached hydrogen (secondary N) is 2. The van der Waals surface area contributed by atoms with Crippen molar-refractivity contribution >= 4 is 0 Å². The number of rotatable bonds is 4.